The molecule has 4 aliphatic heterocycles. The van der Waals surface area contributed by atoms with E-state index in [-0.39, 0.29) is 31.2 Å². The van der Waals surface area contributed by atoms with E-state index in [1.54, 1.807) is 4.90 Å². The van der Waals surface area contributed by atoms with Crippen LogP contribution in [-0.2, 0) is 34.7 Å². The topological polar surface area (TPSA) is 115 Å². The van der Waals surface area contributed by atoms with Gasteiger partial charge >= 0.3 is 24.5 Å². The lowest BCUT2D eigenvalue weighted by molar-refractivity contribution is -0.142. The number of carbonyl (C=O) groups excluding carboxylic acids is 3. The molecule has 0 aromatic heterocycles. The molecule has 53 heavy (non-hydrogen) atoms. The number of hydrogen-bond donors (Lipinski definition) is 2. The molecule has 0 aliphatic carbocycles. The van der Waals surface area contributed by atoms with Crippen LogP contribution in [0.5, 0.6) is 0 Å². The second-order valence-corrected chi connectivity index (χ2v) is 14.3. The highest BCUT2D eigenvalue weighted by atomic mass is 19.4. The summed E-state index contributed by atoms with van der Waals surface area (Å²) in [6.45, 7) is 4.96. The Morgan fingerprint density at radius 2 is 1.40 bits per heavy atom. The van der Waals surface area contributed by atoms with Gasteiger partial charge in [0, 0.05) is 83.1 Å². The van der Waals surface area contributed by atoms with Crippen LogP contribution in [0, 0.1) is 0 Å². The maximum atomic E-state index is 14.0. The fraction of sp³-hybridized carbons (Fsp3) is 0.583. The Balaban J connectivity index is 1.16. The lowest BCUT2D eigenvalue weighted by atomic mass is 9.97. The van der Waals surface area contributed by atoms with Gasteiger partial charge in [0.1, 0.15) is 0 Å². The number of urea groups is 1. The van der Waals surface area contributed by atoms with E-state index in [0.29, 0.717) is 63.9 Å². The summed E-state index contributed by atoms with van der Waals surface area (Å²) in [6, 6.07) is 8.26. The summed E-state index contributed by atoms with van der Waals surface area (Å²) in [5.41, 5.74) is 1.77. The third-order valence-electron chi connectivity index (χ3n) is 10.9. The summed E-state index contributed by atoms with van der Waals surface area (Å²) >= 11 is 0. The number of nitrogens with zero attached hydrogens (tertiary/aromatic N) is 5. The number of fused-ring (bicyclic) bond motifs is 1. The fourth-order valence-electron chi connectivity index (χ4n) is 7.83. The average Bonchev–Trinajstić information content (AvgIpc) is 3.29. The number of piperidine rings is 2. The van der Waals surface area contributed by atoms with Gasteiger partial charge in [0.25, 0.3) is 5.91 Å². The zero-order valence-electron chi connectivity index (χ0n) is 29.5. The quantitative estimate of drug-likeness (QED) is 0.310. The van der Waals surface area contributed by atoms with E-state index in [1.807, 2.05) is 31.3 Å². The number of alkyl halides is 6. The SMILES string of the molecule is CN1CCN(C2CCN(C(=O)[C@H](Cc3cc(C(F)(F)F)c(N)c(C(F)(F)F)c3)OC(=O)N3CCC(N4CCc5ccccc5NC4=O)CC3)CC2)CC1. The van der Waals surface area contributed by atoms with Gasteiger partial charge in [-0.2, -0.15) is 26.3 Å². The van der Waals surface area contributed by atoms with Crippen LogP contribution in [0.1, 0.15) is 47.9 Å². The van der Waals surface area contributed by atoms with Crippen molar-refractivity contribution in [2.45, 2.75) is 69.1 Å². The number of amides is 4. The molecule has 2 aromatic rings. The van der Waals surface area contributed by atoms with Crippen molar-refractivity contribution < 1.29 is 45.5 Å². The number of benzene rings is 2. The molecule has 17 heteroatoms. The summed E-state index contributed by atoms with van der Waals surface area (Å²) < 4.78 is 89.0. The smallest absolute Gasteiger partial charge is 0.418 e. The summed E-state index contributed by atoms with van der Waals surface area (Å²) in [5, 5.41) is 2.94. The first-order valence-electron chi connectivity index (χ1n) is 18.0. The monoisotopic (exact) mass is 753 g/mol. The van der Waals surface area contributed by atoms with E-state index < -0.39 is 59.3 Å². The summed E-state index contributed by atoms with van der Waals surface area (Å²) in [5.74, 6) is -0.690. The van der Waals surface area contributed by atoms with Crippen molar-refractivity contribution in [1.29, 1.82) is 0 Å². The van der Waals surface area contributed by atoms with E-state index in [2.05, 4.69) is 15.1 Å². The van der Waals surface area contributed by atoms with Gasteiger partial charge in [0.2, 0.25) is 0 Å². The van der Waals surface area contributed by atoms with Crippen LogP contribution in [-0.4, -0.2) is 127 Å². The highest BCUT2D eigenvalue weighted by Gasteiger charge is 2.42. The standard InChI is InChI=1S/C36H45F6N7O4/c1-45-16-18-46(19-17-45)25-7-11-47(12-8-25)32(50)30(22-23-20-27(35(37,38)39)31(43)28(21-23)36(40,41)42)53-34(52)48-13-9-26(10-14-48)49-15-6-24-4-2-3-5-29(24)44-33(49)51/h2-5,20-21,25-26,30H,6-19,22,43H2,1H3,(H,44,51)/t30-/m0/s1. The average molecular weight is 754 g/mol. The first-order chi connectivity index (χ1) is 25.1. The largest absolute Gasteiger partial charge is 0.436 e. The Hall–Kier alpha value is -4.25. The number of ether oxygens (including phenoxy) is 1. The van der Waals surface area contributed by atoms with E-state index >= 15 is 0 Å². The number of carbonyl (C=O) groups is 3. The fourth-order valence-corrected chi connectivity index (χ4v) is 7.83. The molecule has 4 heterocycles. The number of nitrogens with one attached hydrogen (secondary N) is 1. The van der Waals surface area contributed by atoms with Gasteiger partial charge in [-0.3, -0.25) is 9.69 Å². The third kappa shape index (κ3) is 8.94. The van der Waals surface area contributed by atoms with Crippen LogP contribution < -0.4 is 11.1 Å². The van der Waals surface area contributed by atoms with Crippen molar-refractivity contribution >= 4 is 29.4 Å². The van der Waals surface area contributed by atoms with Gasteiger partial charge < -0.3 is 35.4 Å². The van der Waals surface area contributed by atoms with Crippen molar-refractivity contribution in [3.63, 3.8) is 0 Å². The number of para-hydroxylation sites is 1. The normalized spacial score (nSPS) is 20.8. The molecule has 6 rings (SSSR count). The highest BCUT2D eigenvalue weighted by molar-refractivity contribution is 5.91. The van der Waals surface area contributed by atoms with Crippen molar-refractivity contribution in [1.82, 2.24) is 24.5 Å². The zero-order valence-corrected chi connectivity index (χ0v) is 29.5. The van der Waals surface area contributed by atoms with Crippen LogP contribution in [0.2, 0.25) is 0 Å². The predicted molar refractivity (Wildman–Crippen MR) is 184 cm³/mol. The molecule has 3 fully saturated rings. The maximum Gasteiger partial charge on any atom is 0.418 e. The number of likely N-dealkylation sites (tertiary alicyclic amines) is 2. The molecule has 3 N–H and O–H groups in total. The summed E-state index contributed by atoms with van der Waals surface area (Å²) in [4.78, 5) is 49.8. The number of anilines is 2. The number of rotatable bonds is 6. The molecule has 0 saturated carbocycles. The highest BCUT2D eigenvalue weighted by Crippen LogP contribution is 2.42. The van der Waals surface area contributed by atoms with Gasteiger partial charge in [-0.25, -0.2) is 9.59 Å². The number of hydrogen-bond acceptors (Lipinski definition) is 7. The zero-order chi connectivity index (χ0) is 38.1. The van der Waals surface area contributed by atoms with E-state index in [1.165, 1.54) is 9.80 Å². The van der Waals surface area contributed by atoms with Crippen molar-refractivity contribution in [3.8, 4) is 0 Å². The van der Waals surface area contributed by atoms with Crippen LogP contribution in [0.15, 0.2) is 36.4 Å². The van der Waals surface area contributed by atoms with Crippen LogP contribution in [0.4, 0.5) is 47.3 Å². The molecule has 290 valence electrons. The number of piperazine rings is 1. The first kappa shape index (κ1) is 38.5. The Labute approximate surface area is 304 Å². The Morgan fingerprint density at radius 3 is 2.00 bits per heavy atom. The van der Waals surface area contributed by atoms with Crippen molar-refractivity contribution in [2.24, 2.45) is 0 Å². The number of halogens is 6. The summed E-state index contributed by atoms with van der Waals surface area (Å²) in [6.07, 6.45) is -11.1. The molecule has 4 aliphatic rings. The van der Waals surface area contributed by atoms with Gasteiger partial charge in [-0.1, -0.05) is 18.2 Å². The molecule has 3 saturated heterocycles. The molecule has 2 aromatic carbocycles. The van der Waals surface area contributed by atoms with Gasteiger partial charge in [-0.15, -0.1) is 0 Å². The third-order valence-corrected chi connectivity index (χ3v) is 10.9. The van der Waals surface area contributed by atoms with Gasteiger partial charge in [-0.05, 0) is 68.5 Å². The Kier molecular flexibility index (Phi) is 11.3. The minimum absolute atomic E-state index is 0.163. The van der Waals surface area contributed by atoms with E-state index in [9.17, 15) is 40.7 Å². The predicted octanol–water partition coefficient (Wildman–Crippen LogP) is 5.15. The summed E-state index contributed by atoms with van der Waals surface area (Å²) in [7, 11) is 2.05. The second-order valence-electron chi connectivity index (χ2n) is 14.3. The van der Waals surface area contributed by atoms with Crippen molar-refractivity contribution in [3.05, 3.63) is 58.7 Å². The lowest BCUT2D eigenvalue weighted by Gasteiger charge is -2.42. The molecular formula is C36H45F6N7O4. The molecule has 0 radical (unpaired) electrons. The van der Waals surface area contributed by atoms with Crippen LogP contribution >= 0.6 is 0 Å². The van der Waals surface area contributed by atoms with Gasteiger partial charge in [0.15, 0.2) is 6.10 Å². The molecule has 0 spiro atoms. The van der Waals surface area contributed by atoms with Crippen LogP contribution in [0.3, 0.4) is 0 Å². The minimum Gasteiger partial charge on any atom is -0.436 e. The van der Waals surface area contributed by atoms with Crippen LogP contribution in [0.25, 0.3) is 0 Å². The Morgan fingerprint density at radius 1 is 0.830 bits per heavy atom. The maximum absolute atomic E-state index is 14.0. The van der Waals surface area contributed by atoms with Gasteiger partial charge in [0.05, 0.1) is 16.8 Å². The molecule has 11 nitrogen and oxygen atoms in total. The molecule has 0 bridgehead atoms. The molecule has 0 unspecified atom stereocenters. The van der Waals surface area contributed by atoms with E-state index in [0.717, 1.165) is 37.4 Å². The first-order valence-corrected chi connectivity index (χ1v) is 18.0. The van der Waals surface area contributed by atoms with E-state index in [4.69, 9.17) is 10.5 Å². The second kappa shape index (κ2) is 15.6. The number of nitrogen functional groups attached to an aromatic ring is 1. The molecule has 1 atom stereocenters. The number of likely N-dealkylation sites (N-methyl/N-ethyl adjacent to an activating group) is 1. The Bertz CT molecular complexity index is 1610. The molecule has 4 amide bonds. The molecular weight excluding hydrogens is 708 g/mol. The lowest BCUT2D eigenvalue weighted by Crippen LogP contribution is -2.54. The minimum atomic E-state index is -5.21. The number of nitrogens with two attached hydrogens (primary N) is 1. The van der Waals surface area contributed by atoms with Crippen molar-refractivity contribution in [2.75, 3.05) is 77.0 Å².